The number of carbonyl (C=O) groups excluding carboxylic acids is 1. The lowest BCUT2D eigenvalue weighted by Crippen LogP contribution is -2.47. The Kier molecular flexibility index (Phi) is 5.47. The van der Waals surface area contributed by atoms with Crippen LogP contribution in [0.5, 0.6) is 0 Å². The summed E-state index contributed by atoms with van der Waals surface area (Å²) in [6.45, 7) is 4.67. The molecule has 0 unspecified atom stereocenters. The van der Waals surface area contributed by atoms with Gasteiger partial charge in [-0.05, 0) is 18.9 Å². The Morgan fingerprint density at radius 3 is 2.79 bits per heavy atom. The van der Waals surface area contributed by atoms with Crippen molar-refractivity contribution in [3.05, 3.63) is 18.0 Å². The molecule has 1 atom stereocenters. The van der Waals surface area contributed by atoms with E-state index in [-0.39, 0.29) is 18.4 Å². The Labute approximate surface area is 141 Å². The highest BCUT2D eigenvalue weighted by Gasteiger charge is 2.28. The molecule has 8 heteroatoms. The number of amides is 1. The molecule has 3 rings (SSSR count). The fourth-order valence-corrected chi connectivity index (χ4v) is 3.45. The highest BCUT2D eigenvalue weighted by atomic mass is 16.5. The van der Waals surface area contributed by atoms with Crippen molar-refractivity contribution in [3.8, 4) is 0 Å². The molecule has 0 radical (unpaired) electrons. The number of rotatable bonds is 5. The molecule has 1 amide bonds. The minimum Gasteiger partial charge on any atom is -0.480 e. The molecule has 8 nitrogen and oxygen atoms in total. The van der Waals surface area contributed by atoms with E-state index >= 15 is 0 Å². The van der Waals surface area contributed by atoms with Crippen LogP contribution in [0.2, 0.25) is 0 Å². The van der Waals surface area contributed by atoms with Gasteiger partial charge >= 0.3 is 5.97 Å². The van der Waals surface area contributed by atoms with Crippen molar-refractivity contribution in [1.82, 2.24) is 19.6 Å². The van der Waals surface area contributed by atoms with Gasteiger partial charge in [0.15, 0.2) is 0 Å². The average Bonchev–Trinajstić information content (AvgIpc) is 3.03. The van der Waals surface area contributed by atoms with Crippen LogP contribution < -0.4 is 0 Å². The minimum atomic E-state index is -0.906. The summed E-state index contributed by atoms with van der Waals surface area (Å²) in [5, 5.41) is 13.1. The summed E-state index contributed by atoms with van der Waals surface area (Å²) in [4.78, 5) is 27.6. The number of aromatic nitrogens is 2. The van der Waals surface area contributed by atoms with E-state index in [1.54, 1.807) is 6.20 Å². The third-order valence-corrected chi connectivity index (χ3v) is 4.69. The van der Waals surface area contributed by atoms with Gasteiger partial charge in [-0.1, -0.05) is 0 Å². The third-order valence-electron chi connectivity index (χ3n) is 4.69. The second-order valence-corrected chi connectivity index (χ2v) is 6.37. The molecular formula is C16H24N4O4. The zero-order chi connectivity index (χ0) is 16.9. The lowest BCUT2D eigenvalue weighted by Gasteiger charge is -2.35. The molecule has 1 aromatic rings. The van der Waals surface area contributed by atoms with Gasteiger partial charge in [0.05, 0.1) is 19.8 Å². The van der Waals surface area contributed by atoms with Gasteiger partial charge < -0.3 is 14.7 Å². The van der Waals surface area contributed by atoms with Crippen LogP contribution in [0.3, 0.4) is 0 Å². The van der Waals surface area contributed by atoms with Gasteiger partial charge in [-0.25, -0.2) is 0 Å². The highest BCUT2D eigenvalue weighted by molar-refractivity contribution is 5.78. The van der Waals surface area contributed by atoms with Crippen LogP contribution >= 0.6 is 0 Å². The molecule has 0 saturated carbocycles. The third kappa shape index (κ3) is 4.12. The Hall–Kier alpha value is -1.93. The molecule has 2 aliphatic rings. The van der Waals surface area contributed by atoms with Crippen molar-refractivity contribution in [2.24, 2.45) is 0 Å². The van der Waals surface area contributed by atoms with E-state index in [9.17, 15) is 9.59 Å². The quantitative estimate of drug-likeness (QED) is 0.815. The van der Waals surface area contributed by atoms with Crippen LogP contribution in [0.1, 0.15) is 24.5 Å². The van der Waals surface area contributed by atoms with Gasteiger partial charge in [-0.15, -0.1) is 0 Å². The Bertz CT molecular complexity index is 582. The van der Waals surface area contributed by atoms with E-state index in [1.165, 1.54) is 4.68 Å². The number of ether oxygens (including phenoxy) is 1. The SMILES string of the molecule is O=C(O)Cn1nccc1[C@H]1CCCN(C(=O)CN2CCOCC2)C1. The first-order chi connectivity index (χ1) is 11.6. The lowest BCUT2D eigenvalue weighted by atomic mass is 9.94. The molecular weight excluding hydrogens is 312 g/mol. The molecule has 2 fully saturated rings. The largest absolute Gasteiger partial charge is 0.480 e. The van der Waals surface area contributed by atoms with Crippen LogP contribution in [0.25, 0.3) is 0 Å². The standard InChI is InChI=1S/C16H24N4O4/c21-15(11-18-6-8-24-9-7-18)19-5-1-2-13(10-19)14-3-4-17-20(14)12-16(22)23/h3-4,13H,1-2,5-12H2,(H,22,23)/t13-/m0/s1. The molecule has 0 aliphatic carbocycles. The number of carbonyl (C=O) groups is 2. The highest BCUT2D eigenvalue weighted by Crippen LogP contribution is 2.27. The smallest absolute Gasteiger partial charge is 0.325 e. The van der Waals surface area contributed by atoms with Crippen LogP contribution in [0.15, 0.2) is 12.3 Å². The molecule has 1 aromatic heterocycles. The van der Waals surface area contributed by atoms with E-state index < -0.39 is 5.97 Å². The predicted octanol–water partition coefficient (Wildman–Crippen LogP) is 0.00590. The summed E-state index contributed by atoms with van der Waals surface area (Å²) in [6.07, 6.45) is 3.51. The van der Waals surface area contributed by atoms with Crippen LogP contribution in [-0.2, 0) is 20.9 Å². The van der Waals surface area contributed by atoms with E-state index in [1.807, 2.05) is 11.0 Å². The Balaban J connectivity index is 1.60. The maximum atomic E-state index is 12.6. The molecule has 3 heterocycles. The van der Waals surface area contributed by atoms with Gasteiger partial charge in [0.1, 0.15) is 6.54 Å². The fraction of sp³-hybridized carbons (Fsp3) is 0.688. The number of aliphatic carboxylic acids is 1. The summed E-state index contributed by atoms with van der Waals surface area (Å²) in [5.74, 6) is -0.615. The molecule has 132 valence electrons. The number of morpholine rings is 1. The topological polar surface area (TPSA) is 87.9 Å². The summed E-state index contributed by atoms with van der Waals surface area (Å²) in [6, 6.07) is 1.86. The molecule has 1 N–H and O–H groups in total. The minimum absolute atomic E-state index is 0.138. The lowest BCUT2D eigenvalue weighted by molar-refractivity contribution is -0.138. The van der Waals surface area contributed by atoms with Crippen molar-refractivity contribution < 1.29 is 19.4 Å². The maximum Gasteiger partial charge on any atom is 0.325 e. The van der Waals surface area contributed by atoms with Crippen molar-refractivity contribution in [2.45, 2.75) is 25.3 Å². The number of hydrogen-bond acceptors (Lipinski definition) is 5. The van der Waals surface area contributed by atoms with Crippen LogP contribution in [0.4, 0.5) is 0 Å². The van der Waals surface area contributed by atoms with Gasteiger partial charge in [0, 0.05) is 44.0 Å². The summed E-state index contributed by atoms with van der Waals surface area (Å²) in [5.41, 5.74) is 0.904. The van der Waals surface area contributed by atoms with Crippen molar-refractivity contribution >= 4 is 11.9 Å². The summed E-state index contributed by atoms with van der Waals surface area (Å²) in [7, 11) is 0. The van der Waals surface area contributed by atoms with E-state index in [0.717, 1.165) is 38.2 Å². The molecule has 2 saturated heterocycles. The Morgan fingerprint density at radius 1 is 1.25 bits per heavy atom. The number of piperidine rings is 1. The van der Waals surface area contributed by atoms with Gasteiger partial charge in [0.2, 0.25) is 5.91 Å². The zero-order valence-electron chi connectivity index (χ0n) is 13.8. The van der Waals surface area contributed by atoms with E-state index in [4.69, 9.17) is 9.84 Å². The number of likely N-dealkylation sites (tertiary alicyclic amines) is 1. The zero-order valence-corrected chi connectivity index (χ0v) is 13.8. The molecule has 0 aromatic carbocycles. The average molecular weight is 336 g/mol. The first kappa shape index (κ1) is 16.9. The van der Waals surface area contributed by atoms with Gasteiger partial charge in [-0.2, -0.15) is 5.10 Å². The maximum absolute atomic E-state index is 12.6. The molecule has 2 aliphatic heterocycles. The van der Waals surface area contributed by atoms with E-state index in [0.29, 0.717) is 26.3 Å². The van der Waals surface area contributed by atoms with Gasteiger partial charge in [-0.3, -0.25) is 19.2 Å². The first-order valence-electron chi connectivity index (χ1n) is 8.45. The fourth-order valence-electron chi connectivity index (χ4n) is 3.45. The van der Waals surface area contributed by atoms with Crippen molar-refractivity contribution in [1.29, 1.82) is 0 Å². The predicted molar refractivity (Wildman–Crippen MR) is 85.7 cm³/mol. The second-order valence-electron chi connectivity index (χ2n) is 6.37. The van der Waals surface area contributed by atoms with Crippen molar-refractivity contribution in [3.63, 3.8) is 0 Å². The number of carboxylic acid groups (broad SMARTS) is 1. The van der Waals surface area contributed by atoms with E-state index in [2.05, 4.69) is 10.00 Å². The molecule has 0 spiro atoms. The first-order valence-corrected chi connectivity index (χ1v) is 8.45. The van der Waals surface area contributed by atoms with Crippen LogP contribution in [-0.4, -0.2) is 82.5 Å². The number of hydrogen-bond donors (Lipinski definition) is 1. The summed E-state index contributed by atoms with van der Waals surface area (Å²) >= 11 is 0. The second kappa shape index (κ2) is 7.76. The normalized spacial score (nSPS) is 22.5. The number of nitrogens with zero attached hydrogens (tertiary/aromatic N) is 4. The van der Waals surface area contributed by atoms with Crippen molar-refractivity contribution in [2.75, 3.05) is 45.9 Å². The van der Waals surface area contributed by atoms with Gasteiger partial charge in [0.25, 0.3) is 0 Å². The molecule has 24 heavy (non-hydrogen) atoms. The monoisotopic (exact) mass is 336 g/mol. The Morgan fingerprint density at radius 2 is 2.04 bits per heavy atom. The van der Waals surface area contributed by atoms with Crippen LogP contribution in [0, 0.1) is 0 Å². The molecule has 0 bridgehead atoms. The number of carboxylic acids is 1. The summed E-state index contributed by atoms with van der Waals surface area (Å²) < 4.78 is 6.84.